The van der Waals surface area contributed by atoms with Gasteiger partial charge >= 0.3 is 0 Å². The molecule has 0 aliphatic rings. The molecule has 0 spiro atoms. The van der Waals surface area contributed by atoms with Gasteiger partial charge in [0.2, 0.25) is 5.16 Å². The summed E-state index contributed by atoms with van der Waals surface area (Å²) >= 11 is 1.51. The number of aryl methyl sites for hydroxylation is 2. The minimum absolute atomic E-state index is 0.331. The van der Waals surface area contributed by atoms with Gasteiger partial charge in [0.1, 0.15) is 5.82 Å². The van der Waals surface area contributed by atoms with Gasteiger partial charge < -0.3 is 5.84 Å². The Morgan fingerprint density at radius 3 is 2.83 bits per heavy atom. The van der Waals surface area contributed by atoms with Crippen LogP contribution in [0.4, 0.5) is 4.39 Å². The molecular weight excluding hydrogens is 315 g/mol. The van der Waals surface area contributed by atoms with Crippen LogP contribution in [0.5, 0.6) is 0 Å². The number of nitrogens with two attached hydrogens (primary N) is 1. The number of nitrogen functional groups attached to an aromatic ring is 1. The fourth-order valence-electron chi connectivity index (χ4n) is 2.24. The fourth-order valence-corrected chi connectivity index (χ4v) is 3.04. The summed E-state index contributed by atoms with van der Waals surface area (Å²) in [6.45, 7) is 0. The van der Waals surface area contributed by atoms with E-state index < -0.39 is 0 Å². The average Bonchev–Trinajstić information content (AvgIpc) is 3.11. The predicted molar refractivity (Wildman–Crippen MR) is 87.8 cm³/mol. The van der Waals surface area contributed by atoms with Crippen LogP contribution in [0.15, 0.2) is 41.8 Å². The second-order valence-corrected chi connectivity index (χ2v) is 6.19. The Hall–Kier alpha value is -2.35. The van der Waals surface area contributed by atoms with Crippen molar-refractivity contribution in [1.82, 2.24) is 24.7 Å². The van der Waals surface area contributed by atoms with Crippen molar-refractivity contribution in [2.24, 2.45) is 7.05 Å². The lowest BCUT2D eigenvalue weighted by Crippen LogP contribution is -2.12. The zero-order chi connectivity index (χ0) is 16.2. The van der Waals surface area contributed by atoms with Gasteiger partial charge in [-0.25, -0.2) is 9.07 Å². The molecule has 23 heavy (non-hydrogen) atoms. The molecule has 0 amide bonds. The van der Waals surface area contributed by atoms with E-state index in [4.69, 9.17) is 5.84 Å². The summed E-state index contributed by atoms with van der Waals surface area (Å²) in [6, 6.07) is 6.39. The van der Waals surface area contributed by atoms with Crippen LogP contribution in [0, 0.1) is 5.82 Å². The van der Waals surface area contributed by atoms with E-state index in [-0.39, 0.29) is 5.82 Å². The molecule has 0 unspecified atom stereocenters. The van der Waals surface area contributed by atoms with Crippen LogP contribution < -0.4 is 5.84 Å². The lowest BCUT2D eigenvalue weighted by atomic mass is 10.2. The van der Waals surface area contributed by atoms with Crippen LogP contribution in [0.3, 0.4) is 0 Å². The summed E-state index contributed by atoms with van der Waals surface area (Å²) in [6.07, 6.45) is 5.79. The number of aromatic nitrogens is 5. The summed E-state index contributed by atoms with van der Waals surface area (Å²) in [5, 5.41) is 12.8. The normalized spacial score (nSPS) is 11.0. The van der Waals surface area contributed by atoms with Crippen molar-refractivity contribution in [2.75, 3.05) is 11.6 Å². The number of halogens is 1. The molecule has 0 radical (unpaired) electrons. The maximum absolute atomic E-state index is 13.8. The molecule has 0 atom stereocenters. The van der Waals surface area contributed by atoms with Crippen molar-refractivity contribution >= 4 is 11.8 Å². The van der Waals surface area contributed by atoms with Gasteiger partial charge in [0.05, 0.1) is 11.8 Å². The summed E-state index contributed by atoms with van der Waals surface area (Å²) in [5.41, 5.74) is 1.55. The Balaban J connectivity index is 1.60. The lowest BCUT2D eigenvalue weighted by molar-refractivity contribution is 0.629. The van der Waals surface area contributed by atoms with E-state index in [9.17, 15) is 4.39 Å². The third-order valence-corrected chi connectivity index (χ3v) is 4.41. The molecule has 3 aromatic rings. The third kappa shape index (κ3) is 3.53. The molecule has 8 heteroatoms. The summed E-state index contributed by atoms with van der Waals surface area (Å²) < 4.78 is 16.9. The quantitative estimate of drug-likeness (QED) is 0.426. The molecule has 2 aromatic heterocycles. The molecule has 0 saturated heterocycles. The van der Waals surface area contributed by atoms with Gasteiger partial charge in [-0.15, -0.1) is 10.2 Å². The number of hydrogen-bond donors (Lipinski definition) is 1. The maximum Gasteiger partial charge on any atom is 0.210 e. The molecule has 0 aliphatic heterocycles. The van der Waals surface area contributed by atoms with Crippen molar-refractivity contribution in [1.29, 1.82) is 0 Å². The van der Waals surface area contributed by atoms with Gasteiger partial charge in [-0.2, -0.15) is 5.10 Å². The zero-order valence-corrected chi connectivity index (χ0v) is 13.5. The average molecular weight is 332 g/mol. The van der Waals surface area contributed by atoms with E-state index >= 15 is 0 Å². The first-order chi connectivity index (χ1) is 11.1. The van der Waals surface area contributed by atoms with Crippen LogP contribution in [-0.4, -0.2) is 30.4 Å². The maximum atomic E-state index is 13.8. The molecule has 120 valence electrons. The molecule has 0 saturated carbocycles. The Kier molecular flexibility index (Phi) is 4.61. The Morgan fingerprint density at radius 2 is 2.09 bits per heavy atom. The van der Waals surface area contributed by atoms with Crippen molar-refractivity contribution in [3.8, 4) is 11.4 Å². The van der Waals surface area contributed by atoms with Crippen LogP contribution in [-0.2, 0) is 13.5 Å². The summed E-state index contributed by atoms with van der Waals surface area (Å²) in [4.78, 5) is 0. The van der Waals surface area contributed by atoms with Crippen molar-refractivity contribution < 1.29 is 4.39 Å². The van der Waals surface area contributed by atoms with E-state index in [0.717, 1.165) is 18.6 Å². The van der Waals surface area contributed by atoms with E-state index in [1.165, 1.54) is 28.1 Å². The van der Waals surface area contributed by atoms with Crippen LogP contribution >= 0.6 is 11.8 Å². The van der Waals surface area contributed by atoms with Crippen molar-refractivity contribution in [2.45, 2.75) is 18.0 Å². The first-order valence-electron chi connectivity index (χ1n) is 7.21. The predicted octanol–water partition coefficient (Wildman–Crippen LogP) is 2.26. The van der Waals surface area contributed by atoms with Gasteiger partial charge in [-0.1, -0.05) is 23.9 Å². The standard InChI is InChI=1S/C15H17FN6S/c1-21-10-11(9-18-21)5-4-8-23-15-20-19-14(22(15)17)12-6-2-3-7-13(12)16/h2-3,6-7,9-10H,4-5,8,17H2,1H3. The van der Waals surface area contributed by atoms with E-state index in [1.54, 1.807) is 22.9 Å². The highest BCUT2D eigenvalue weighted by Crippen LogP contribution is 2.24. The molecule has 3 rings (SSSR count). The molecular formula is C15H17FN6S. The van der Waals surface area contributed by atoms with Crippen molar-refractivity contribution in [3.63, 3.8) is 0 Å². The van der Waals surface area contributed by atoms with Gasteiger partial charge in [-0.05, 0) is 30.5 Å². The molecule has 0 aliphatic carbocycles. The monoisotopic (exact) mass is 332 g/mol. The number of thioether (sulfide) groups is 1. The number of hydrogen-bond acceptors (Lipinski definition) is 5. The van der Waals surface area contributed by atoms with Crippen molar-refractivity contribution in [3.05, 3.63) is 48.0 Å². The molecule has 2 N–H and O–H groups in total. The largest absolute Gasteiger partial charge is 0.335 e. The Labute approximate surface area is 137 Å². The van der Waals surface area contributed by atoms with Gasteiger partial charge in [0.15, 0.2) is 5.82 Å². The van der Waals surface area contributed by atoms with Gasteiger partial charge in [0, 0.05) is 19.0 Å². The number of nitrogens with zero attached hydrogens (tertiary/aromatic N) is 5. The molecule has 1 aromatic carbocycles. The Morgan fingerprint density at radius 1 is 1.26 bits per heavy atom. The van der Waals surface area contributed by atoms with Gasteiger partial charge in [-0.3, -0.25) is 4.68 Å². The van der Waals surface area contributed by atoms with E-state index in [2.05, 4.69) is 15.3 Å². The molecule has 0 fully saturated rings. The number of benzene rings is 1. The van der Waals surface area contributed by atoms with Crippen LogP contribution in [0.25, 0.3) is 11.4 Å². The highest BCUT2D eigenvalue weighted by Gasteiger charge is 2.14. The SMILES string of the molecule is Cn1cc(CCCSc2nnc(-c3ccccc3F)n2N)cn1. The smallest absolute Gasteiger partial charge is 0.210 e. The number of rotatable bonds is 6. The molecule has 6 nitrogen and oxygen atoms in total. The Bertz CT molecular complexity index is 797. The lowest BCUT2D eigenvalue weighted by Gasteiger charge is -2.04. The second kappa shape index (κ2) is 6.82. The minimum Gasteiger partial charge on any atom is -0.335 e. The summed E-state index contributed by atoms with van der Waals surface area (Å²) in [5.74, 6) is 6.81. The third-order valence-electron chi connectivity index (χ3n) is 3.38. The molecule has 0 bridgehead atoms. The fraction of sp³-hybridized carbons (Fsp3) is 0.267. The topological polar surface area (TPSA) is 74.5 Å². The van der Waals surface area contributed by atoms with Crippen LogP contribution in [0.2, 0.25) is 0 Å². The van der Waals surface area contributed by atoms with Crippen LogP contribution in [0.1, 0.15) is 12.0 Å². The summed E-state index contributed by atoms with van der Waals surface area (Å²) in [7, 11) is 1.90. The van der Waals surface area contributed by atoms with Gasteiger partial charge in [0.25, 0.3) is 0 Å². The highest BCUT2D eigenvalue weighted by atomic mass is 32.2. The highest BCUT2D eigenvalue weighted by molar-refractivity contribution is 7.99. The van der Waals surface area contributed by atoms with E-state index in [0.29, 0.717) is 16.5 Å². The zero-order valence-electron chi connectivity index (χ0n) is 12.7. The first kappa shape index (κ1) is 15.5. The van der Waals surface area contributed by atoms with E-state index in [1.807, 2.05) is 19.4 Å². The first-order valence-corrected chi connectivity index (χ1v) is 8.19. The minimum atomic E-state index is -0.361. The second-order valence-electron chi connectivity index (χ2n) is 5.13. The molecule has 2 heterocycles.